The molecular weight excluding hydrogens is 328 g/mol. The van der Waals surface area contributed by atoms with Crippen molar-refractivity contribution in [3.8, 4) is 17.2 Å². The van der Waals surface area contributed by atoms with E-state index in [-0.39, 0.29) is 5.54 Å². The summed E-state index contributed by atoms with van der Waals surface area (Å²) in [6.45, 7) is 6.90. The van der Waals surface area contributed by atoms with Crippen LogP contribution in [0.2, 0.25) is 0 Å². The minimum Gasteiger partial charge on any atom is -0.346 e. The first-order valence-corrected chi connectivity index (χ1v) is 9.14. The van der Waals surface area contributed by atoms with Crippen molar-refractivity contribution in [3.05, 3.63) is 58.8 Å². The first kappa shape index (κ1) is 17.2. The number of hydrogen-bond donors (Lipinski definition) is 2. The number of allylic oxidation sites excluding steroid dienone is 1. The molecule has 1 aromatic heterocycles. The van der Waals surface area contributed by atoms with Crippen LogP contribution in [0.15, 0.2) is 48.4 Å². The summed E-state index contributed by atoms with van der Waals surface area (Å²) < 4.78 is 0. The number of thiophene rings is 1. The van der Waals surface area contributed by atoms with Crippen molar-refractivity contribution in [1.82, 2.24) is 10.2 Å². The van der Waals surface area contributed by atoms with Crippen molar-refractivity contribution < 1.29 is 0 Å². The average Bonchev–Trinajstić information content (AvgIpc) is 3.11. The molecule has 2 N–H and O–H groups in total. The highest BCUT2D eigenvalue weighted by atomic mass is 32.1. The third-order valence-electron chi connectivity index (χ3n) is 4.96. The van der Waals surface area contributed by atoms with E-state index in [2.05, 4.69) is 36.3 Å². The second-order valence-corrected chi connectivity index (χ2v) is 7.58. The van der Waals surface area contributed by atoms with Crippen LogP contribution in [0.3, 0.4) is 0 Å². The topological polar surface area (TPSA) is 62.9 Å². The fourth-order valence-corrected chi connectivity index (χ4v) is 4.47. The lowest BCUT2D eigenvalue weighted by Gasteiger charge is -2.46. The van der Waals surface area contributed by atoms with Crippen LogP contribution in [0.25, 0.3) is 11.1 Å². The van der Waals surface area contributed by atoms with Crippen molar-refractivity contribution in [2.24, 2.45) is 5.92 Å². The molecule has 0 spiro atoms. The van der Waals surface area contributed by atoms with Gasteiger partial charge < -0.3 is 10.2 Å². The Labute approximate surface area is 152 Å². The van der Waals surface area contributed by atoms with Crippen LogP contribution in [0.5, 0.6) is 0 Å². The Morgan fingerprint density at radius 1 is 1.48 bits per heavy atom. The van der Waals surface area contributed by atoms with Crippen molar-refractivity contribution in [1.29, 1.82) is 10.7 Å². The summed E-state index contributed by atoms with van der Waals surface area (Å²) in [5.74, 6) is 0.783. The molecule has 2 atom stereocenters. The molecule has 2 heterocycles. The third kappa shape index (κ3) is 3.18. The highest BCUT2D eigenvalue weighted by Crippen LogP contribution is 2.40. The number of rotatable bonds is 4. The molecule has 1 aliphatic heterocycles. The number of nitrogens with zero attached hydrogens (tertiary/aromatic N) is 2. The number of hydrogen-bond acceptors (Lipinski definition) is 3. The van der Waals surface area contributed by atoms with Gasteiger partial charge in [0.05, 0.1) is 17.2 Å². The van der Waals surface area contributed by atoms with E-state index < -0.39 is 0 Å². The third-order valence-corrected chi connectivity index (χ3v) is 6.13. The predicted octanol–water partition coefficient (Wildman–Crippen LogP) is 4.16. The van der Waals surface area contributed by atoms with E-state index in [4.69, 9.17) is 10.7 Å². The molecule has 0 aliphatic carbocycles. The maximum atomic E-state index is 9.11. The highest BCUT2D eigenvalue weighted by Gasteiger charge is 2.42. The molecule has 0 amide bonds. The molecule has 0 saturated carbocycles. The normalized spacial score (nSPS) is 23.0. The zero-order valence-electron chi connectivity index (χ0n) is 14.5. The molecule has 1 fully saturated rings. The lowest BCUT2D eigenvalue weighted by atomic mass is 9.79. The van der Waals surface area contributed by atoms with E-state index in [9.17, 15) is 0 Å². The quantitative estimate of drug-likeness (QED) is 0.814. The van der Waals surface area contributed by atoms with Gasteiger partial charge in [-0.25, -0.2) is 0 Å². The van der Waals surface area contributed by atoms with Crippen LogP contribution in [0.1, 0.15) is 23.8 Å². The van der Waals surface area contributed by atoms with Crippen molar-refractivity contribution >= 4 is 17.3 Å². The molecule has 2 aromatic rings. The van der Waals surface area contributed by atoms with Gasteiger partial charge in [-0.1, -0.05) is 18.2 Å². The molecule has 1 aromatic carbocycles. The summed E-state index contributed by atoms with van der Waals surface area (Å²) in [7, 11) is 1.94. The van der Waals surface area contributed by atoms with Gasteiger partial charge in [-0.15, -0.1) is 17.9 Å². The van der Waals surface area contributed by atoms with E-state index in [1.54, 1.807) is 11.3 Å². The van der Waals surface area contributed by atoms with Gasteiger partial charge in [0.25, 0.3) is 0 Å². The van der Waals surface area contributed by atoms with E-state index in [0.717, 1.165) is 24.1 Å². The minimum atomic E-state index is -0.298. The van der Waals surface area contributed by atoms with E-state index in [1.807, 2.05) is 42.3 Å². The van der Waals surface area contributed by atoms with Crippen molar-refractivity contribution in [2.75, 3.05) is 13.6 Å². The number of nitrogens with one attached hydrogen (secondary N) is 2. The molecule has 1 aliphatic rings. The zero-order chi connectivity index (χ0) is 18.0. The van der Waals surface area contributed by atoms with Crippen LogP contribution in [-0.2, 0) is 5.54 Å². The Hall–Kier alpha value is -2.58. The van der Waals surface area contributed by atoms with Gasteiger partial charge >= 0.3 is 0 Å². The van der Waals surface area contributed by atoms with Crippen LogP contribution in [0, 0.1) is 22.7 Å². The van der Waals surface area contributed by atoms with Gasteiger partial charge in [-0.05, 0) is 48.1 Å². The molecule has 0 radical (unpaired) electrons. The zero-order valence-corrected chi connectivity index (χ0v) is 15.4. The van der Waals surface area contributed by atoms with E-state index >= 15 is 0 Å². The summed E-state index contributed by atoms with van der Waals surface area (Å²) in [5, 5.41) is 22.8. The average molecular weight is 350 g/mol. The molecule has 0 unspecified atom stereocenters. The maximum Gasteiger partial charge on any atom is 0.191 e. The number of benzene rings is 1. The second kappa shape index (κ2) is 6.73. The first-order valence-electron chi connectivity index (χ1n) is 8.26. The standard InChI is InChI=1S/C20H22N4S/c1-4-6-17-12-24(3)19(22)23-20(17,2)18-10-16(13-25-18)15-8-5-7-14(9-15)11-21/h4-5,7-10,13,17H,1,6,12H2,2-3H3,(H2,22,23)/t17-,20-/m0/s1. The van der Waals surface area contributed by atoms with Gasteiger partial charge in [0, 0.05) is 24.4 Å². The van der Waals surface area contributed by atoms with Crippen molar-refractivity contribution in [2.45, 2.75) is 18.9 Å². The molecule has 4 nitrogen and oxygen atoms in total. The fraction of sp³-hybridized carbons (Fsp3) is 0.300. The highest BCUT2D eigenvalue weighted by molar-refractivity contribution is 7.10. The largest absolute Gasteiger partial charge is 0.346 e. The molecule has 5 heteroatoms. The van der Waals surface area contributed by atoms with E-state index in [0.29, 0.717) is 17.4 Å². The summed E-state index contributed by atoms with van der Waals surface area (Å²) >= 11 is 1.70. The Bertz CT molecular complexity index is 847. The lowest BCUT2D eigenvalue weighted by molar-refractivity contribution is 0.185. The Morgan fingerprint density at radius 2 is 2.28 bits per heavy atom. The van der Waals surface area contributed by atoms with Crippen LogP contribution < -0.4 is 5.32 Å². The molecule has 1 saturated heterocycles. The van der Waals surface area contributed by atoms with Gasteiger partial charge in [0.1, 0.15) is 0 Å². The molecule has 3 rings (SSSR count). The van der Waals surface area contributed by atoms with Gasteiger partial charge in [0.2, 0.25) is 0 Å². The Balaban J connectivity index is 1.97. The first-order chi connectivity index (χ1) is 12.0. The summed E-state index contributed by atoms with van der Waals surface area (Å²) in [6.07, 6.45) is 2.84. The van der Waals surface area contributed by atoms with Gasteiger partial charge in [-0.3, -0.25) is 5.41 Å². The smallest absolute Gasteiger partial charge is 0.191 e. The van der Waals surface area contributed by atoms with Gasteiger partial charge in [-0.2, -0.15) is 5.26 Å². The number of nitriles is 1. The van der Waals surface area contributed by atoms with Crippen molar-refractivity contribution in [3.63, 3.8) is 0 Å². The summed E-state index contributed by atoms with van der Waals surface area (Å²) in [6, 6.07) is 12.1. The Kier molecular flexibility index (Phi) is 4.65. The van der Waals surface area contributed by atoms with Gasteiger partial charge in [0.15, 0.2) is 5.96 Å². The van der Waals surface area contributed by atoms with Crippen LogP contribution in [0.4, 0.5) is 0 Å². The Morgan fingerprint density at radius 3 is 3.00 bits per heavy atom. The number of guanidine groups is 1. The maximum absolute atomic E-state index is 9.11. The second-order valence-electron chi connectivity index (χ2n) is 6.67. The monoisotopic (exact) mass is 350 g/mol. The molecule has 128 valence electrons. The molecule has 0 bridgehead atoms. The fourth-order valence-electron chi connectivity index (χ4n) is 3.35. The van der Waals surface area contributed by atoms with E-state index in [1.165, 1.54) is 4.88 Å². The SMILES string of the molecule is C=CC[C@H]1CN(C)C(=N)N[C@]1(C)c1cc(-c2cccc(C#N)c2)cs1. The van der Waals surface area contributed by atoms with Crippen LogP contribution >= 0.6 is 11.3 Å². The molecule has 25 heavy (non-hydrogen) atoms. The summed E-state index contributed by atoms with van der Waals surface area (Å²) in [5.41, 5.74) is 2.53. The predicted molar refractivity (Wildman–Crippen MR) is 104 cm³/mol. The minimum absolute atomic E-state index is 0.298. The summed E-state index contributed by atoms with van der Waals surface area (Å²) in [4.78, 5) is 3.15. The molecular formula is C20H22N4S. The lowest BCUT2D eigenvalue weighted by Crippen LogP contribution is -2.60. The van der Waals surface area contributed by atoms with Crippen LogP contribution in [-0.4, -0.2) is 24.5 Å².